The Labute approximate surface area is 125 Å². The first-order valence-corrected chi connectivity index (χ1v) is 7.87. The Kier molecular flexibility index (Phi) is 2.68. The monoisotopic (exact) mass is 301 g/mol. The van der Waals surface area contributed by atoms with Crippen molar-refractivity contribution >= 4 is 22.9 Å². The lowest BCUT2D eigenvalue weighted by atomic mass is 9.79. The molecule has 6 heteroatoms. The van der Waals surface area contributed by atoms with E-state index < -0.39 is 0 Å². The number of Topliss-reactive ketones (excluding diaryl/α,β-unsaturated/α-hetero) is 1. The summed E-state index contributed by atoms with van der Waals surface area (Å²) in [6, 6.07) is 4.06. The summed E-state index contributed by atoms with van der Waals surface area (Å²) in [5, 5.41) is 8.76. The SMILES string of the molecule is Cc1ccc(C2C3=C(CCCC3=O)Nc3[nH][nH]c(=O)c32)s1. The van der Waals surface area contributed by atoms with Gasteiger partial charge in [-0.05, 0) is 31.9 Å². The summed E-state index contributed by atoms with van der Waals surface area (Å²) in [4.78, 5) is 26.9. The molecule has 5 nitrogen and oxygen atoms in total. The predicted octanol–water partition coefficient (Wildman–Crippen LogP) is 2.64. The Balaban J connectivity index is 1.98. The highest BCUT2D eigenvalue weighted by Gasteiger charge is 2.38. The van der Waals surface area contributed by atoms with Gasteiger partial charge < -0.3 is 5.32 Å². The molecule has 0 spiro atoms. The molecule has 0 radical (unpaired) electrons. The fraction of sp³-hybridized carbons (Fsp3) is 0.333. The molecule has 1 unspecified atom stereocenters. The Bertz CT molecular complexity index is 824. The highest BCUT2D eigenvalue weighted by atomic mass is 32.1. The molecule has 0 saturated heterocycles. The molecule has 0 saturated carbocycles. The maximum atomic E-state index is 12.4. The first-order chi connectivity index (χ1) is 10.1. The van der Waals surface area contributed by atoms with Crippen LogP contribution in [-0.4, -0.2) is 16.0 Å². The zero-order valence-electron chi connectivity index (χ0n) is 11.6. The van der Waals surface area contributed by atoms with Gasteiger partial charge in [0.05, 0.1) is 11.5 Å². The van der Waals surface area contributed by atoms with Crippen molar-refractivity contribution in [3.63, 3.8) is 0 Å². The van der Waals surface area contributed by atoms with Gasteiger partial charge in [-0.15, -0.1) is 11.3 Å². The zero-order valence-corrected chi connectivity index (χ0v) is 12.4. The molecule has 0 fully saturated rings. The van der Waals surface area contributed by atoms with Crippen molar-refractivity contribution in [2.75, 3.05) is 5.32 Å². The van der Waals surface area contributed by atoms with Crippen LogP contribution in [0.2, 0.25) is 0 Å². The highest BCUT2D eigenvalue weighted by molar-refractivity contribution is 7.12. The molecule has 2 aromatic heterocycles. The number of thiophene rings is 1. The molecule has 1 aliphatic heterocycles. The number of aromatic nitrogens is 2. The summed E-state index contributed by atoms with van der Waals surface area (Å²) in [6.07, 6.45) is 2.29. The third-order valence-electron chi connectivity index (χ3n) is 4.17. The summed E-state index contributed by atoms with van der Waals surface area (Å²) in [5.74, 6) is 0.619. The second-order valence-electron chi connectivity index (χ2n) is 5.54. The maximum Gasteiger partial charge on any atom is 0.270 e. The van der Waals surface area contributed by atoms with Gasteiger partial charge in [0.15, 0.2) is 5.78 Å². The van der Waals surface area contributed by atoms with Crippen molar-refractivity contribution in [3.8, 4) is 0 Å². The number of H-pyrrole nitrogens is 2. The van der Waals surface area contributed by atoms with E-state index in [4.69, 9.17) is 0 Å². The number of hydrogen-bond acceptors (Lipinski definition) is 4. The Morgan fingerprint density at radius 1 is 1.19 bits per heavy atom. The molecular formula is C15H15N3O2S. The quantitative estimate of drug-likeness (QED) is 0.757. The van der Waals surface area contributed by atoms with E-state index in [9.17, 15) is 9.59 Å². The van der Waals surface area contributed by atoms with Gasteiger partial charge in [0, 0.05) is 27.4 Å². The van der Waals surface area contributed by atoms with Crippen LogP contribution in [-0.2, 0) is 4.79 Å². The van der Waals surface area contributed by atoms with Crippen LogP contribution in [0.15, 0.2) is 28.2 Å². The second-order valence-corrected chi connectivity index (χ2v) is 6.86. The largest absolute Gasteiger partial charge is 0.343 e. The van der Waals surface area contributed by atoms with Crippen molar-refractivity contribution in [1.29, 1.82) is 0 Å². The number of ketones is 1. The molecule has 108 valence electrons. The third kappa shape index (κ3) is 1.82. The van der Waals surface area contributed by atoms with Crippen LogP contribution in [0.5, 0.6) is 0 Å². The van der Waals surface area contributed by atoms with E-state index in [2.05, 4.69) is 15.5 Å². The lowest BCUT2D eigenvalue weighted by Crippen LogP contribution is -2.28. The number of anilines is 1. The van der Waals surface area contributed by atoms with E-state index in [1.807, 2.05) is 19.1 Å². The minimum Gasteiger partial charge on any atom is -0.343 e. The standard InChI is InChI=1S/C15H15N3O2S/c1-7-5-6-10(21-7)12-11-8(3-2-4-9(11)19)16-14-13(12)15(20)18-17-14/h5-6,12H,2-4H2,1H3,(H3,16,17,18,20). The fourth-order valence-electron chi connectivity index (χ4n) is 3.26. The lowest BCUT2D eigenvalue weighted by molar-refractivity contribution is -0.116. The molecule has 2 aromatic rings. The number of aromatic amines is 2. The van der Waals surface area contributed by atoms with E-state index in [1.54, 1.807) is 11.3 Å². The molecule has 1 aliphatic carbocycles. The van der Waals surface area contributed by atoms with Crippen LogP contribution >= 0.6 is 11.3 Å². The number of rotatable bonds is 1. The third-order valence-corrected chi connectivity index (χ3v) is 5.24. The van der Waals surface area contributed by atoms with Crippen molar-refractivity contribution in [2.45, 2.75) is 32.1 Å². The topological polar surface area (TPSA) is 77.8 Å². The van der Waals surface area contributed by atoms with E-state index in [-0.39, 0.29) is 17.3 Å². The van der Waals surface area contributed by atoms with Gasteiger partial charge in [-0.1, -0.05) is 0 Å². The minimum absolute atomic E-state index is 0.154. The van der Waals surface area contributed by atoms with Crippen LogP contribution in [0.1, 0.15) is 40.5 Å². The van der Waals surface area contributed by atoms with Gasteiger partial charge in [0.1, 0.15) is 5.82 Å². The van der Waals surface area contributed by atoms with Crippen LogP contribution in [0.4, 0.5) is 5.82 Å². The molecule has 0 amide bonds. The van der Waals surface area contributed by atoms with Crippen LogP contribution in [0.3, 0.4) is 0 Å². The summed E-state index contributed by atoms with van der Waals surface area (Å²) >= 11 is 1.65. The molecule has 3 N–H and O–H groups in total. The Hall–Kier alpha value is -2.08. The first kappa shape index (κ1) is 12.6. The normalized spacial score (nSPS) is 21.0. The zero-order chi connectivity index (χ0) is 14.6. The van der Waals surface area contributed by atoms with Crippen LogP contribution in [0, 0.1) is 6.92 Å². The number of carbonyl (C=O) groups is 1. The van der Waals surface area contributed by atoms with Crippen LogP contribution < -0.4 is 10.9 Å². The summed E-state index contributed by atoms with van der Waals surface area (Å²) in [6.45, 7) is 2.04. The number of fused-ring (bicyclic) bond motifs is 1. The van der Waals surface area contributed by atoms with Crippen molar-refractivity contribution in [3.05, 3.63) is 49.1 Å². The lowest BCUT2D eigenvalue weighted by Gasteiger charge is -2.30. The van der Waals surface area contributed by atoms with E-state index >= 15 is 0 Å². The van der Waals surface area contributed by atoms with Gasteiger partial charge in [-0.3, -0.25) is 19.8 Å². The summed E-state index contributed by atoms with van der Waals surface area (Å²) < 4.78 is 0. The highest BCUT2D eigenvalue weighted by Crippen LogP contribution is 2.44. The van der Waals surface area contributed by atoms with Gasteiger partial charge in [-0.2, -0.15) is 0 Å². The van der Waals surface area contributed by atoms with E-state index in [1.165, 1.54) is 4.88 Å². The first-order valence-electron chi connectivity index (χ1n) is 7.05. The molecule has 2 aliphatic rings. The van der Waals surface area contributed by atoms with Gasteiger partial charge in [0.25, 0.3) is 5.56 Å². The molecular weight excluding hydrogens is 286 g/mol. The smallest absolute Gasteiger partial charge is 0.270 e. The predicted molar refractivity (Wildman–Crippen MR) is 81.8 cm³/mol. The number of carbonyl (C=O) groups excluding carboxylic acids is 1. The van der Waals surface area contributed by atoms with Crippen LogP contribution in [0.25, 0.3) is 0 Å². The molecule has 21 heavy (non-hydrogen) atoms. The molecule has 0 aromatic carbocycles. The number of allylic oxidation sites excluding steroid dienone is 2. The number of aryl methyl sites for hydroxylation is 1. The fourth-order valence-corrected chi connectivity index (χ4v) is 4.26. The summed E-state index contributed by atoms with van der Waals surface area (Å²) in [5.41, 5.74) is 2.22. The van der Waals surface area contributed by atoms with E-state index in [0.717, 1.165) is 29.0 Å². The van der Waals surface area contributed by atoms with Gasteiger partial charge in [-0.25, -0.2) is 0 Å². The average Bonchev–Trinajstić information content (AvgIpc) is 3.04. The maximum absolute atomic E-state index is 12.4. The minimum atomic E-state index is -0.238. The van der Waals surface area contributed by atoms with Crippen molar-refractivity contribution < 1.29 is 4.79 Å². The molecule has 3 heterocycles. The number of nitrogens with one attached hydrogen (secondary N) is 3. The molecule has 0 bridgehead atoms. The van der Waals surface area contributed by atoms with Crippen molar-refractivity contribution in [1.82, 2.24) is 10.2 Å². The second kappa shape index (κ2) is 4.46. The molecule has 4 rings (SSSR count). The Morgan fingerprint density at radius 3 is 2.81 bits per heavy atom. The van der Waals surface area contributed by atoms with Gasteiger partial charge in [0.2, 0.25) is 0 Å². The molecule has 1 atom stereocenters. The van der Waals surface area contributed by atoms with Crippen molar-refractivity contribution in [2.24, 2.45) is 0 Å². The average molecular weight is 301 g/mol. The number of hydrogen-bond donors (Lipinski definition) is 3. The Morgan fingerprint density at radius 2 is 2.05 bits per heavy atom. The van der Waals surface area contributed by atoms with Gasteiger partial charge >= 0.3 is 0 Å². The van der Waals surface area contributed by atoms with E-state index in [0.29, 0.717) is 17.8 Å². The summed E-state index contributed by atoms with van der Waals surface area (Å²) in [7, 11) is 0.